The van der Waals surface area contributed by atoms with Crippen LogP contribution in [0.25, 0.3) is 28.4 Å². The summed E-state index contributed by atoms with van der Waals surface area (Å²) >= 11 is 0. The number of aromatic nitrogens is 3. The van der Waals surface area contributed by atoms with Gasteiger partial charge in [0.2, 0.25) is 5.95 Å². The van der Waals surface area contributed by atoms with E-state index in [4.69, 9.17) is 5.41 Å². The van der Waals surface area contributed by atoms with E-state index in [1.807, 2.05) is 6.07 Å². The highest BCUT2D eigenvalue weighted by molar-refractivity contribution is 6.01. The molecule has 0 radical (unpaired) electrons. The molecule has 4 nitrogen and oxygen atoms in total. The minimum Gasteiger partial charge on any atom is -0.339 e. The normalized spacial score (nSPS) is 10.7. The number of H-pyrrole nitrogens is 1. The molecule has 3 aromatic rings. The molecule has 3 rings (SSSR count). The average Bonchev–Trinajstić information content (AvgIpc) is 2.83. The number of nitrogens with one attached hydrogen (secondary N) is 2. The Hall–Kier alpha value is -2.82. The van der Waals surface area contributed by atoms with Crippen molar-refractivity contribution in [3.05, 3.63) is 54.2 Å². The largest absolute Gasteiger partial charge is 0.339 e. The lowest BCUT2D eigenvalue weighted by atomic mass is 10.1. The van der Waals surface area contributed by atoms with Gasteiger partial charge in [-0.25, -0.2) is 9.97 Å². The molecular formula is C15H13FN4. The van der Waals surface area contributed by atoms with Crippen LogP contribution in [0.5, 0.6) is 0 Å². The molecule has 3 aromatic heterocycles. The highest BCUT2D eigenvalue weighted by atomic mass is 19.1. The Kier molecular flexibility index (Phi) is 2.87. The van der Waals surface area contributed by atoms with Crippen molar-refractivity contribution in [2.75, 3.05) is 0 Å². The van der Waals surface area contributed by atoms with E-state index in [0.717, 1.165) is 16.6 Å². The Morgan fingerprint density at radius 2 is 2.20 bits per heavy atom. The quantitative estimate of drug-likeness (QED) is 0.562. The van der Waals surface area contributed by atoms with Gasteiger partial charge < -0.3 is 10.4 Å². The molecule has 0 aromatic carbocycles. The number of fused-ring (bicyclic) bond motifs is 1. The zero-order chi connectivity index (χ0) is 14.1. The molecule has 3 heterocycles. The standard InChI is InChI=1S/C15H11FN4.H2/c1-2-12-11(8-17)10-3-4-13(20-15(10)19-12)9-5-6-18-14(16)7-9;/h2-8,17H,1H2,(H,19,20);1H. The monoisotopic (exact) mass is 268 g/mol. The fourth-order valence-electron chi connectivity index (χ4n) is 2.15. The summed E-state index contributed by atoms with van der Waals surface area (Å²) in [6.07, 6.45) is 4.32. The van der Waals surface area contributed by atoms with Crippen LogP contribution in [0.1, 0.15) is 12.7 Å². The molecule has 2 N–H and O–H groups in total. The van der Waals surface area contributed by atoms with Crippen LogP contribution in [-0.4, -0.2) is 21.2 Å². The number of rotatable bonds is 3. The maximum absolute atomic E-state index is 13.2. The fraction of sp³-hybridized carbons (Fsp3) is 0. The molecule has 0 aliphatic heterocycles. The van der Waals surface area contributed by atoms with Gasteiger partial charge in [-0.3, -0.25) is 0 Å². The number of pyridine rings is 2. The van der Waals surface area contributed by atoms with E-state index in [1.165, 1.54) is 18.5 Å². The van der Waals surface area contributed by atoms with Crippen LogP contribution >= 0.6 is 0 Å². The second kappa shape index (κ2) is 4.70. The van der Waals surface area contributed by atoms with Crippen LogP contribution in [0.15, 0.2) is 37.0 Å². The predicted octanol–water partition coefficient (Wildman–Crippen LogP) is 3.65. The van der Waals surface area contributed by atoms with Gasteiger partial charge in [0.15, 0.2) is 0 Å². The third-order valence-corrected chi connectivity index (χ3v) is 3.10. The van der Waals surface area contributed by atoms with Crippen molar-refractivity contribution >= 4 is 23.3 Å². The molecule has 0 amide bonds. The summed E-state index contributed by atoms with van der Waals surface area (Å²) in [4.78, 5) is 11.1. The Balaban J connectivity index is 0.00000161. The lowest BCUT2D eigenvalue weighted by Crippen LogP contribution is -1.88. The lowest BCUT2D eigenvalue weighted by Gasteiger charge is -2.00. The summed E-state index contributed by atoms with van der Waals surface area (Å²) in [6.45, 7) is 3.71. The van der Waals surface area contributed by atoms with E-state index in [2.05, 4.69) is 21.5 Å². The van der Waals surface area contributed by atoms with Crippen molar-refractivity contribution in [2.24, 2.45) is 0 Å². The Labute approximate surface area is 116 Å². The summed E-state index contributed by atoms with van der Waals surface area (Å²) in [5.74, 6) is -0.539. The second-order valence-electron chi connectivity index (χ2n) is 4.26. The molecule has 0 saturated carbocycles. The smallest absolute Gasteiger partial charge is 0.213 e. The average molecular weight is 268 g/mol. The maximum Gasteiger partial charge on any atom is 0.213 e. The maximum atomic E-state index is 13.2. The van der Waals surface area contributed by atoms with E-state index >= 15 is 0 Å². The minimum absolute atomic E-state index is 0. The van der Waals surface area contributed by atoms with Crippen molar-refractivity contribution < 1.29 is 5.82 Å². The van der Waals surface area contributed by atoms with Crippen LogP contribution in [0.4, 0.5) is 4.39 Å². The van der Waals surface area contributed by atoms with Crippen molar-refractivity contribution in [3.63, 3.8) is 0 Å². The van der Waals surface area contributed by atoms with Crippen LogP contribution in [0.2, 0.25) is 0 Å². The van der Waals surface area contributed by atoms with E-state index in [9.17, 15) is 4.39 Å². The van der Waals surface area contributed by atoms with Crippen LogP contribution in [0.3, 0.4) is 0 Å². The van der Waals surface area contributed by atoms with Gasteiger partial charge >= 0.3 is 0 Å². The Morgan fingerprint density at radius 1 is 1.35 bits per heavy atom. The van der Waals surface area contributed by atoms with Gasteiger partial charge in [0.25, 0.3) is 0 Å². The molecule has 0 aliphatic carbocycles. The molecule has 0 saturated heterocycles. The van der Waals surface area contributed by atoms with Gasteiger partial charge in [-0.2, -0.15) is 4.39 Å². The first-order valence-corrected chi connectivity index (χ1v) is 6.00. The SMILES string of the molecule is C=Cc1[nH]c2nc(-c3ccnc(F)c3)ccc2c1C=N.[HH]. The summed E-state index contributed by atoms with van der Waals surface area (Å²) in [5, 5.41) is 8.29. The molecule has 0 spiro atoms. The third kappa shape index (κ3) is 1.89. The highest BCUT2D eigenvalue weighted by Crippen LogP contribution is 2.24. The zero-order valence-corrected chi connectivity index (χ0v) is 10.5. The van der Waals surface area contributed by atoms with Crippen molar-refractivity contribution in [2.45, 2.75) is 0 Å². The molecule has 0 atom stereocenters. The van der Waals surface area contributed by atoms with Gasteiger partial charge in [0.1, 0.15) is 5.65 Å². The van der Waals surface area contributed by atoms with Crippen LogP contribution in [-0.2, 0) is 0 Å². The zero-order valence-electron chi connectivity index (χ0n) is 10.5. The van der Waals surface area contributed by atoms with Crippen LogP contribution in [0, 0.1) is 11.4 Å². The lowest BCUT2D eigenvalue weighted by molar-refractivity contribution is 0.584. The number of aromatic amines is 1. The van der Waals surface area contributed by atoms with E-state index in [1.54, 1.807) is 18.2 Å². The number of nitrogens with zero attached hydrogens (tertiary/aromatic N) is 2. The molecule has 0 unspecified atom stereocenters. The van der Waals surface area contributed by atoms with Gasteiger partial charge in [-0.05, 0) is 24.3 Å². The summed E-state index contributed by atoms with van der Waals surface area (Å²) in [5.41, 5.74) is 3.45. The van der Waals surface area contributed by atoms with Crippen LogP contribution < -0.4 is 0 Å². The molecule has 100 valence electrons. The fourth-order valence-corrected chi connectivity index (χ4v) is 2.15. The number of hydrogen-bond donors (Lipinski definition) is 2. The minimum atomic E-state index is -0.539. The summed E-state index contributed by atoms with van der Waals surface area (Å²) < 4.78 is 13.2. The second-order valence-corrected chi connectivity index (χ2v) is 4.26. The Bertz CT molecular complexity index is 826. The predicted molar refractivity (Wildman–Crippen MR) is 79.4 cm³/mol. The first-order valence-electron chi connectivity index (χ1n) is 6.00. The van der Waals surface area contributed by atoms with Gasteiger partial charge in [0.05, 0.1) is 5.69 Å². The highest BCUT2D eigenvalue weighted by Gasteiger charge is 2.10. The van der Waals surface area contributed by atoms with E-state index in [-0.39, 0.29) is 1.43 Å². The molecule has 0 fully saturated rings. The van der Waals surface area contributed by atoms with Gasteiger partial charge in [-0.15, -0.1) is 0 Å². The first kappa shape index (κ1) is 12.2. The topological polar surface area (TPSA) is 65.4 Å². The number of halogens is 1. The summed E-state index contributed by atoms with van der Waals surface area (Å²) in [7, 11) is 0. The van der Waals surface area contributed by atoms with Crippen molar-refractivity contribution in [1.29, 1.82) is 5.41 Å². The summed E-state index contributed by atoms with van der Waals surface area (Å²) in [6, 6.07) is 6.69. The van der Waals surface area contributed by atoms with Crippen molar-refractivity contribution in [1.82, 2.24) is 15.0 Å². The van der Waals surface area contributed by atoms with Gasteiger partial charge in [-0.1, -0.05) is 6.58 Å². The molecule has 0 aliphatic rings. The van der Waals surface area contributed by atoms with Crippen molar-refractivity contribution in [3.8, 4) is 11.3 Å². The Morgan fingerprint density at radius 3 is 2.90 bits per heavy atom. The molecule has 0 bridgehead atoms. The van der Waals surface area contributed by atoms with E-state index in [0.29, 0.717) is 16.9 Å². The third-order valence-electron chi connectivity index (χ3n) is 3.10. The molecule has 20 heavy (non-hydrogen) atoms. The first-order chi connectivity index (χ1) is 9.72. The molecular weight excluding hydrogens is 255 g/mol. The number of hydrogen-bond acceptors (Lipinski definition) is 3. The van der Waals surface area contributed by atoms with E-state index < -0.39 is 5.95 Å². The van der Waals surface area contributed by atoms with Gasteiger partial charge in [0, 0.05) is 42.1 Å². The molecule has 5 heteroatoms.